The first-order chi connectivity index (χ1) is 13.2. The fourth-order valence-electron chi connectivity index (χ4n) is 3.88. The van der Waals surface area contributed by atoms with Crippen LogP contribution < -0.4 is 10.1 Å². The van der Waals surface area contributed by atoms with Crippen molar-refractivity contribution in [2.75, 3.05) is 32.1 Å². The molecule has 1 aromatic heterocycles. The SMILES string of the molecule is COc1cccc(NC(=O)N2CCCn3cnc(CN4CCCC4)c3C2)c1. The fourth-order valence-corrected chi connectivity index (χ4v) is 3.88. The third kappa shape index (κ3) is 4.08. The van der Waals surface area contributed by atoms with Crippen LogP contribution in [-0.4, -0.2) is 52.1 Å². The van der Waals surface area contributed by atoms with E-state index in [-0.39, 0.29) is 6.03 Å². The Balaban J connectivity index is 1.47. The second kappa shape index (κ2) is 8.00. The minimum absolute atomic E-state index is 0.0787. The lowest BCUT2D eigenvalue weighted by Gasteiger charge is -2.22. The van der Waals surface area contributed by atoms with Gasteiger partial charge in [0.25, 0.3) is 0 Å². The minimum Gasteiger partial charge on any atom is -0.497 e. The number of benzene rings is 1. The number of likely N-dealkylation sites (tertiary alicyclic amines) is 1. The van der Waals surface area contributed by atoms with Crippen LogP contribution in [0.25, 0.3) is 0 Å². The predicted octanol–water partition coefficient (Wildman–Crippen LogP) is 2.93. The molecule has 1 fully saturated rings. The number of hydrogen-bond donors (Lipinski definition) is 1. The van der Waals surface area contributed by atoms with Crippen LogP contribution in [-0.2, 0) is 19.6 Å². The third-order valence-electron chi connectivity index (χ3n) is 5.38. The van der Waals surface area contributed by atoms with Crippen molar-refractivity contribution in [2.24, 2.45) is 0 Å². The normalized spacial score (nSPS) is 17.4. The van der Waals surface area contributed by atoms with Gasteiger partial charge in [0.05, 0.1) is 31.4 Å². The molecule has 0 bridgehead atoms. The average molecular weight is 369 g/mol. The number of carbonyl (C=O) groups excluding carboxylic acids is 1. The van der Waals surface area contributed by atoms with Gasteiger partial charge in [0.2, 0.25) is 0 Å². The van der Waals surface area contributed by atoms with Crippen molar-refractivity contribution in [1.82, 2.24) is 19.4 Å². The molecule has 2 amide bonds. The van der Waals surface area contributed by atoms with Crippen molar-refractivity contribution >= 4 is 11.7 Å². The second-order valence-corrected chi connectivity index (χ2v) is 7.25. The molecule has 2 aromatic rings. The number of aromatic nitrogens is 2. The standard InChI is InChI=1S/C20H27N5O2/c1-27-17-7-4-6-16(12-17)22-20(26)24-10-5-11-25-15-21-18(19(25)14-24)13-23-8-2-3-9-23/h4,6-7,12,15H,2-3,5,8-11,13-14H2,1H3,(H,22,26). The number of carbonyl (C=O) groups is 1. The van der Waals surface area contributed by atoms with E-state index in [2.05, 4.69) is 19.8 Å². The summed E-state index contributed by atoms with van der Waals surface area (Å²) in [5.41, 5.74) is 3.02. The molecule has 0 unspecified atom stereocenters. The lowest BCUT2D eigenvalue weighted by Crippen LogP contribution is -2.35. The molecule has 27 heavy (non-hydrogen) atoms. The van der Waals surface area contributed by atoms with Crippen LogP contribution in [0.5, 0.6) is 5.75 Å². The Morgan fingerprint density at radius 1 is 1.19 bits per heavy atom. The molecule has 1 aromatic carbocycles. The van der Waals surface area contributed by atoms with Gasteiger partial charge in [-0.3, -0.25) is 4.90 Å². The number of methoxy groups -OCH3 is 1. The zero-order chi connectivity index (χ0) is 18.6. The second-order valence-electron chi connectivity index (χ2n) is 7.25. The Morgan fingerprint density at radius 3 is 2.85 bits per heavy atom. The van der Waals surface area contributed by atoms with E-state index >= 15 is 0 Å². The Hall–Kier alpha value is -2.54. The number of ether oxygens (including phenoxy) is 1. The zero-order valence-corrected chi connectivity index (χ0v) is 15.9. The molecule has 1 N–H and O–H groups in total. The lowest BCUT2D eigenvalue weighted by molar-refractivity contribution is 0.209. The maximum absolute atomic E-state index is 12.8. The highest BCUT2D eigenvalue weighted by Crippen LogP contribution is 2.21. The largest absolute Gasteiger partial charge is 0.497 e. The number of urea groups is 1. The molecule has 0 atom stereocenters. The molecule has 7 nitrogen and oxygen atoms in total. The van der Waals surface area contributed by atoms with Gasteiger partial charge in [-0.2, -0.15) is 0 Å². The molecular formula is C20H27N5O2. The summed E-state index contributed by atoms with van der Waals surface area (Å²) >= 11 is 0. The van der Waals surface area contributed by atoms with Crippen LogP contribution in [0.15, 0.2) is 30.6 Å². The first kappa shape index (κ1) is 17.9. The summed E-state index contributed by atoms with van der Waals surface area (Å²) in [4.78, 5) is 21.8. The van der Waals surface area contributed by atoms with Gasteiger partial charge in [-0.25, -0.2) is 9.78 Å². The topological polar surface area (TPSA) is 62.6 Å². The van der Waals surface area contributed by atoms with E-state index in [1.807, 2.05) is 35.5 Å². The summed E-state index contributed by atoms with van der Waals surface area (Å²) in [5.74, 6) is 0.731. The van der Waals surface area contributed by atoms with E-state index in [1.165, 1.54) is 18.5 Å². The molecule has 7 heteroatoms. The summed E-state index contributed by atoms with van der Waals surface area (Å²) < 4.78 is 7.45. The highest BCUT2D eigenvalue weighted by atomic mass is 16.5. The van der Waals surface area contributed by atoms with Gasteiger partial charge < -0.3 is 19.5 Å². The van der Waals surface area contributed by atoms with Gasteiger partial charge in [0.1, 0.15) is 5.75 Å². The van der Waals surface area contributed by atoms with Crippen molar-refractivity contribution in [3.05, 3.63) is 42.0 Å². The maximum atomic E-state index is 12.8. The highest BCUT2D eigenvalue weighted by molar-refractivity contribution is 5.89. The summed E-state index contributed by atoms with van der Waals surface area (Å²) in [7, 11) is 1.62. The number of amides is 2. The number of rotatable bonds is 4. The number of imidazole rings is 1. The molecule has 2 aliphatic heterocycles. The van der Waals surface area contributed by atoms with Gasteiger partial charge in [0, 0.05) is 31.4 Å². The number of nitrogens with zero attached hydrogens (tertiary/aromatic N) is 4. The smallest absolute Gasteiger partial charge is 0.322 e. The first-order valence-electron chi connectivity index (χ1n) is 9.68. The van der Waals surface area contributed by atoms with E-state index in [0.29, 0.717) is 6.54 Å². The number of nitrogens with one attached hydrogen (secondary N) is 1. The molecule has 144 valence electrons. The van der Waals surface area contributed by atoms with Gasteiger partial charge in [-0.1, -0.05) is 6.07 Å². The van der Waals surface area contributed by atoms with E-state index < -0.39 is 0 Å². The van der Waals surface area contributed by atoms with Crippen molar-refractivity contribution in [3.8, 4) is 5.75 Å². The van der Waals surface area contributed by atoms with Crippen LogP contribution in [0.3, 0.4) is 0 Å². The Morgan fingerprint density at radius 2 is 2.04 bits per heavy atom. The number of hydrogen-bond acceptors (Lipinski definition) is 4. The fraction of sp³-hybridized carbons (Fsp3) is 0.500. The molecule has 0 radical (unpaired) electrons. The zero-order valence-electron chi connectivity index (χ0n) is 15.9. The highest BCUT2D eigenvalue weighted by Gasteiger charge is 2.24. The van der Waals surface area contributed by atoms with Crippen molar-refractivity contribution < 1.29 is 9.53 Å². The van der Waals surface area contributed by atoms with Crippen molar-refractivity contribution in [1.29, 1.82) is 0 Å². The monoisotopic (exact) mass is 369 g/mol. The summed E-state index contributed by atoms with van der Waals surface area (Å²) in [6.45, 7) is 5.41. The average Bonchev–Trinajstić information content (AvgIpc) is 3.27. The summed E-state index contributed by atoms with van der Waals surface area (Å²) in [5, 5.41) is 3.00. The van der Waals surface area contributed by atoms with E-state index in [4.69, 9.17) is 4.74 Å². The molecular weight excluding hydrogens is 342 g/mol. The van der Waals surface area contributed by atoms with Gasteiger partial charge in [-0.05, 0) is 44.5 Å². The van der Waals surface area contributed by atoms with Crippen LogP contribution in [0.1, 0.15) is 30.7 Å². The minimum atomic E-state index is -0.0787. The number of fused-ring (bicyclic) bond motifs is 1. The third-order valence-corrected chi connectivity index (χ3v) is 5.38. The van der Waals surface area contributed by atoms with Crippen molar-refractivity contribution in [2.45, 2.75) is 38.9 Å². The molecule has 4 rings (SSSR count). The Bertz CT molecular complexity index is 797. The Labute approximate surface area is 159 Å². The van der Waals surface area contributed by atoms with Gasteiger partial charge >= 0.3 is 6.03 Å². The molecule has 1 saturated heterocycles. The summed E-state index contributed by atoms with van der Waals surface area (Å²) in [6, 6.07) is 7.37. The van der Waals surface area contributed by atoms with Gasteiger partial charge in [0.15, 0.2) is 0 Å². The molecule has 0 saturated carbocycles. The van der Waals surface area contributed by atoms with Crippen LogP contribution >= 0.6 is 0 Å². The molecule has 2 aliphatic rings. The van der Waals surface area contributed by atoms with Crippen LogP contribution in [0.2, 0.25) is 0 Å². The van der Waals surface area contributed by atoms with Crippen LogP contribution in [0, 0.1) is 0 Å². The van der Waals surface area contributed by atoms with E-state index in [1.54, 1.807) is 7.11 Å². The Kier molecular flexibility index (Phi) is 5.29. The number of aryl methyl sites for hydroxylation is 1. The summed E-state index contributed by atoms with van der Waals surface area (Å²) in [6.07, 6.45) is 5.40. The maximum Gasteiger partial charge on any atom is 0.322 e. The van der Waals surface area contributed by atoms with Crippen molar-refractivity contribution in [3.63, 3.8) is 0 Å². The van der Waals surface area contributed by atoms with E-state index in [0.717, 1.165) is 56.3 Å². The van der Waals surface area contributed by atoms with E-state index in [9.17, 15) is 4.79 Å². The predicted molar refractivity (Wildman–Crippen MR) is 104 cm³/mol. The van der Waals surface area contributed by atoms with Gasteiger partial charge in [-0.15, -0.1) is 0 Å². The molecule has 3 heterocycles. The number of anilines is 1. The quantitative estimate of drug-likeness (QED) is 0.900. The molecule has 0 spiro atoms. The lowest BCUT2D eigenvalue weighted by atomic mass is 10.2. The van der Waals surface area contributed by atoms with Crippen LogP contribution in [0.4, 0.5) is 10.5 Å². The molecule has 0 aliphatic carbocycles. The first-order valence-corrected chi connectivity index (χ1v) is 9.68.